The van der Waals surface area contributed by atoms with Crippen LogP contribution in [0.15, 0.2) is 47.6 Å². The molecule has 1 fully saturated rings. The predicted octanol–water partition coefficient (Wildman–Crippen LogP) is 2.76. The minimum absolute atomic E-state index is 0.350. The number of thiophene rings is 1. The molecule has 1 saturated heterocycles. The quantitative estimate of drug-likeness (QED) is 0.688. The number of fused-ring (bicyclic) bond motifs is 1. The fraction of sp³-hybridized carbons (Fsp3) is 0.333. The molecule has 136 valence electrons. The first-order valence-electron chi connectivity index (χ1n) is 8.63. The molecule has 0 atom stereocenters. The second kappa shape index (κ2) is 6.94. The summed E-state index contributed by atoms with van der Waals surface area (Å²) in [5.41, 5.74) is 0. The van der Waals surface area contributed by atoms with Gasteiger partial charge in [0.25, 0.3) is 0 Å². The summed E-state index contributed by atoms with van der Waals surface area (Å²) in [4.78, 5) is 13.6. The van der Waals surface area contributed by atoms with Crippen LogP contribution in [-0.2, 0) is 16.4 Å². The van der Waals surface area contributed by atoms with Crippen molar-refractivity contribution in [2.45, 2.75) is 18.2 Å². The highest BCUT2D eigenvalue weighted by Crippen LogP contribution is 2.31. The Labute approximate surface area is 157 Å². The molecule has 8 heteroatoms. The minimum Gasteiger partial charge on any atom is -0.353 e. The third kappa shape index (κ3) is 3.08. The van der Waals surface area contributed by atoms with Crippen molar-refractivity contribution in [3.05, 3.63) is 47.6 Å². The lowest BCUT2D eigenvalue weighted by Gasteiger charge is -2.34. The van der Waals surface area contributed by atoms with Crippen molar-refractivity contribution in [3.8, 4) is 0 Å². The Morgan fingerprint density at radius 2 is 1.81 bits per heavy atom. The number of piperazine rings is 1. The van der Waals surface area contributed by atoms with E-state index >= 15 is 0 Å². The van der Waals surface area contributed by atoms with E-state index in [-0.39, 0.29) is 0 Å². The summed E-state index contributed by atoms with van der Waals surface area (Å²) in [6, 6.07) is 10.8. The van der Waals surface area contributed by atoms with Crippen molar-refractivity contribution < 1.29 is 8.42 Å². The van der Waals surface area contributed by atoms with Crippen LogP contribution in [0, 0.1) is 0 Å². The predicted molar refractivity (Wildman–Crippen MR) is 104 cm³/mol. The molecule has 1 aliphatic rings. The Morgan fingerprint density at radius 3 is 2.50 bits per heavy atom. The second-order valence-corrected chi connectivity index (χ2v) is 9.24. The van der Waals surface area contributed by atoms with Gasteiger partial charge in [-0.2, -0.15) is 4.31 Å². The van der Waals surface area contributed by atoms with E-state index in [1.807, 2.05) is 6.07 Å². The Morgan fingerprint density at radius 1 is 1.08 bits per heavy atom. The number of rotatable bonds is 4. The number of aromatic nitrogens is 2. The summed E-state index contributed by atoms with van der Waals surface area (Å²) in [5, 5.41) is 1.06. The fourth-order valence-electron chi connectivity index (χ4n) is 3.20. The number of nitrogens with zero attached hydrogens (tertiary/aromatic N) is 4. The summed E-state index contributed by atoms with van der Waals surface area (Å²) in [5.74, 6) is 0.905. The number of hydrogen-bond acceptors (Lipinski definition) is 6. The number of sulfonamides is 1. The third-order valence-corrected chi connectivity index (χ3v) is 7.73. The molecule has 0 N–H and O–H groups in total. The summed E-state index contributed by atoms with van der Waals surface area (Å²) in [6.45, 7) is 4.27. The van der Waals surface area contributed by atoms with E-state index in [0.717, 1.165) is 22.5 Å². The normalized spacial score (nSPS) is 16.3. The molecule has 0 amide bonds. The maximum atomic E-state index is 12.8. The van der Waals surface area contributed by atoms with Gasteiger partial charge in [0.15, 0.2) is 0 Å². The monoisotopic (exact) mass is 388 g/mol. The van der Waals surface area contributed by atoms with Gasteiger partial charge in [-0.1, -0.05) is 25.1 Å². The van der Waals surface area contributed by atoms with Gasteiger partial charge in [-0.15, -0.1) is 11.3 Å². The zero-order chi connectivity index (χ0) is 18.1. The van der Waals surface area contributed by atoms with Crippen LogP contribution in [0.3, 0.4) is 0 Å². The highest BCUT2D eigenvalue weighted by molar-refractivity contribution is 7.89. The molecule has 2 aromatic heterocycles. The molecule has 1 aromatic carbocycles. The molecule has 0 unspecified atom stereocenters. The largest absolute Gasteiger partial charge is 0.353 e. The van der Waals surface area contributed by atoms with Gasteiger partial charge in [0.2, 0.25) is 10.0 Å². The smallest absolute Gasteiger partial charge is 0.243 e. The molecule has 3 heterocycles. The topological polar surface area (TPSA) is 66.4 Å². The summed E-state index contributed by atoms with van der Waals surface area (Å²) >= 11 is 1.69. The summed E-state index contributed by atoms with van der Waals surface area (Å²) < 4.78 is 27.1. The Kier molecular flexibility index (Phi) is 4.64. The maximum absolute atomic E-state index is 12.8. The van der Waals surface area contributed by atoms with Gasteiger partial charge in [0.05, 0.1) is 10.3 Å². The van der Waals surface area contributed by atoms with E-state index in [4.69, 9.17) is 0 Å². The zero-order valence-electron chi connectivity index (χ0n) is 14.5. The lowest BCUT2D eigenvalue weighted by Crippen LogP contribution is -2.49. The summed E-state index contributed by atoms with van der Waals surface area (Å²) in [6.07, 6.45) is 2.57. The van der Waals surface area contributed by atoms with E-state index in [9.17, 15) is 8.42 Å². The zero-order valence-corrected chi connectivity index (χ0v) is 16.1. The SMILES string of the molecule is CCc1cc2c(N3CCN(S(=O)(=O)c4ccccc4)CC3)ncnc2s1. The van der Waals surface area contributed by atoms with Crippen molar-refractivity contribution >= 4 is 37.4 Å². The van der Waals surface area contributed by atoms with Gasteiger partial charge in [0.1, 0.15) is 17.0 Å². The van der Waals surface area contributed by atoms with Crippen molar-refractivity contribution in [1.29, 1.82) is 0 Å². The van der Waals surface area contributed by atoms with Crippen LogP contribution < -0.4 is 4.90 Å². The molecule has 0 radical (unpaired) electrons. The van der Waals surface area contributed by atoms with Crippen LogP contribution in [0.4, 0.5) is 5.82 Å². The number of aryl methyl sites for hydroxylation is 1. The first kappa shape index (κ1) is 17.4. The average molecular weight is 389 g/mol. The molecular formula is C18H20N4O2S2. The number of anilines is 1. The van der Waals surface area contributed by atoms with E-state index in [2.05, 4.69) is 27.9 Å². The molecule has 4 rings (SSSR count). The van der Waals surface area contributed by atoms with Gasteiger partial charge in [-0.25, -0.2) is 18.4 Å². The molecule has 1 aliphatic heterocycles. The Hall–Kier alpha value is -2.03. The first-order valence-corrected chi connectivity index (χ1v) is 10.9. The molecule has 0 spiro atoms. The highest BCUT2D eigenvalue weighted by atomic mass is 32.2. The van der Waals surface area contributed by atoms with Crippen molar-refractivity contribution in [2.24, 2.45) is 0 Å². The molecular weight excluding hydrogens is 368 g/mol. The van der Waals surface area contributed by atoms with Crippen LogP contribution in [0.1, 0.15) is 11.8 Å². The third-order valence-electron chi connectivity index (χ3n) is 4.63. The first-order chi connectivity index (χ1) is 12.6. The van der Waals surface area contributed by atoms with Gasteiger partial charge in [-0.05, 0) is 24.6 Å². The molecule has 6 nitrogen and oxygen atoms in total. The van der Waals surface area contributed by atoms with E-state index < -0.39 is 10.0 Å². The van der Waals surface area contributed by atoms with Crippen LogP contribution >= 0.6 is 11.3 Å². The second-order valence-electron chi connectivity index (χ2n) is 6.19. The molecule has 0 saturated carbocycles. The van der Waals surface area contributed by atoms with Crippen LogP contribution in [0.5, 0.6) is 0 Å². The Bertz CT molecular complexity index is 1010. The molecule has 26 heavy (non-hydrogen) atoms. The molecule has 3 aromatic rings. The Balaban J connectivity index is 1.55. The molecule has 0 bridgehead atoms. The van der Waals surface area contributed by atoms with Gasteiger partial charge < -0.3 is 4.90 Å². The van der Waals surface area contributed by atoms with Crippen molar-refractivity contribution in [3.63, 3.8) is 0 Å². The standard InChI is InChI=1S/C18H20N4O2S2/c1-2-14-12-16-17(19-13-20-18(16)25-14)21-8-10-22(11-9-21)26(23,24)15-6-4-3-5-7-15/h3-7,12-13H,2,8-11H2,1H3. The maximum Gasteiger partial charge on any atom is 0.243 e. The highest BCUT2D eigenvalue weighted by Gasteiger charge is 2.29. The lowest BCUT2D eigenvalue weighted by molar-refractivity contribution is 0.384. The molecule has 0 aliphatic carbocycles. The van der Waals surface area contributed by atoms with Gasteiger partial charge in [0, 0.05) is 31.1 Å². The fourth-order valence-corrected chi connectivity index (χ4v) is 5.57. The van der Waals surface area contributed by atoms with E-state index in [0.29, 0.717) is 31.1 Å². The minimum atomic E-state index is -3.43. The summed E-state index contributed by atoms with van der Waals surface area (Å²) in [7, 11) is -3.43. The van der Waals surface area contributed by atoms with Crippen LogP contribution in [0.25, 0.3) is 10.2 Å². The van der Waals surface area contributed by atoms with Gasteiger partial charge in [-0.3, -0.25) is 0 Å². The van der Waals surface area contributed by atoms with E-state index in [1.54, 1.807) is 46.2 Å². The van der Waals surface area contributed by atoms with E-state index in [1.165, 1.54) is 4.88 Å². The van der Waals surface area contributed by atoms with Crippen molar-refractivity contribution in [2.75, 3.05) is 31.1 Å². The number of hydrogen-bond donors (Lipinski definition) is 0. The van der Waals surface area contributed by atoms with Crippen LogP contribution in [0.2, 0.25) is 0 Å². The van der Waals surface area contributed by atoms with Crippen LogP contribution in [-0.4, -0.2) is 48.9 Å². The van der Waals surface area contributed by atoms with Gasteiger partial charge >= 0.3 is 0 Å². The average Bonchev–Trinajstić information content (AvgIpc) is 3.12. The number of benzene rings is 1. The lowest BCUT2D eigenvalue weighted by atomic mass is 10.2. The van der Waals surface area contributed by atoms with Crippen molar-refractivity contribution in [1.82, 2.24) is 14.3 Å².